The lowest BCUT2D eigenvalue weighted by Gasteiger charge is -2.27. The molecule has 0 amide bonds. The van der Waals surface area contributed by atoms with Gasteiger partial charge in [0, 0.05) is 0 Å². The molecule has 0 radical (unpaired) electrons. The standard InChI is InChI=1S/C15H13N3O/c1-2-4-15-12(3-1)18-14(8-19-15)10-5-6-11-13(7-10)17-9-16-11/h1-7,9,14,18H,8H2,(H,16,17). The molecule has 94 valence electrons. The summed E-state index contributed by atoms with van der Waals surface area (Å²) in [5.74, 6) is 0.918. The van der Waals surface area contributed by atoms with E-state index in [0.717, 1.165) is 22.5 Å². The van der Waals surface area contributed by atoms with E-state index in [0.29, 0.717) is 6.61 Å². The second kappa shape index (κ2) is 4.02. The van der Waals surface area contributed by atoms with Gasteiger partial charge in [-0.25, -0.2) is 4.98 Å². The monoisotopic (exact) mass is 251 g/mol. The Morgan fingerprint density at radius 3 is 3.11 bits per heavy atom. The lowest BCUT2D eigenvalue weighted by molar-refractivity contribution is 0.286. The van der Waals surface area contributed by atoms with Gasteiger partial charge < -0.3 is 15.0 Å². The predicted octanol–water partition coefficient (Wildman–Crippen LogP) is 3.11. The molecule has 0 fully saturated rings. The van der Waals surface area contributed by atoms with Gasteiger partial charge in [0.05, 0.1) is 29.1 Å². The number of anilines is 1. The van der Waals surface area contributed by atoms with Crippen molar-refractivity contribution < 1.29 is 4.74 Å². The Morgan fingerprint density at radius 1 is 1.16 bits per heavy atom. The van der Waals surface area contributed by atoms with Crippen LogP contribution in [0.5, 0.6) is 5.75 Å². The highest BCUT2D eigenvalue weighted by atomic mass is 16.5. The Balaban J connectivity index is 1.70. The van der Waals surface area contributed by atoms with Gasteiger partial charge in [-0.15, -0.1) is 0 Å². The van der Waals surface area contributed by atoms with Crippen LogP contribution in [-0.2, 0) is 0 Å². The van der Waals surface area contributed by atoms with E-state index in [1.54, 1.807) is 6.33 Å². The number of H-pyrrole nitrogens is 1. The molecule has 1 unspecified atom stereocenters. The third kappa shape index (κ3) is 1.73. The van der Waals surface area contributed by atoms with Crippen LogP contribution in [0.25, 0.3) is 11.0 Å². The normalized spacial score (nSPS) is 17.6. The molecule has 3 aromatic rings. The molecule has 2 aromatic carbocycles. The van der Waals surface area contributed by atoms with Crippen molar-refractivity contribution in [2.24, 2.45) is 0 Å². The molecule has 0 aliphatic carbocycles. The molecule has 4 heteroatoms. The van der Waals surface area contributed by atoms with Crippen molar-refractivity contribution in [2.75, 3.05) is 11.9 Å². The van der Waals surface area contributed by atoms with Crippen LogP contribution in [-0.4, -0.2) is 16.6 Å². The fraction of sp³-hybridized carbons (Fsp3) is 0.133. The summed E-state index contributed by atoms with van der Waals surface area (Å²) >= 11 is 0. The van der Waals surface area contributed by atoms with Gasteiger partial charge in [-0.2, -0.15) is 0 Å². The van der Waals surface area contributed by atoms with Crippen LogP contribution >= 0.6 is 0 Å². The molecule has 1 atom stereocenters. The molecule has 0 saturated carbocycles. The molecule has 0 spiro atoms. The Bertz CT molecular complexity index is 735. The minimum Gasteiger partial charge on any atom is -0.489 e. The summed E-state index contributed by atoms with van der Waals surface area (Å²) in [6, 6.07) is 14.4. The van der Waals surface area contributed by atoms with E-state index < -0.39 is 0 Å². The van der Waals surface area contributed by atoms with Gasteiger partial charge in [0.15, 0.2) is 0 Å². The van der Waals surface area contributed by atoms with Crippen molar-refractivity contribution in [3.8, 4) is 5.75 Å². The maximum Gasteiger partial charge on any atom is 0.142 e. The summed E-state index contributed by atoms with van der Waals surface area (Å²) in [6.45, 7) is 0.636. The minimum absolute atomic E-state index is 0.169. The van der Waals surface area contributed by atoms with Crippen molar-refractivity contribution in [3.05, 3.63) is 54.4 Å². The number of imidazole rings is 1. The van der Waals surface area contributed by atoms with Gasteiger partial charge in [-0.3, -0.25) is 0 Å². The van der Waals surface area contributed by atoms with E-state index >= 15 is 0 Å². The molecule has 1 aliphatic rings. The number of hydrogen-bond donors (Lipinski definition) is 2. The highest BCUT2D eigenvalue weighted by Crippen LogP contribution is 2.33. The summed E-state index contributed by atoms with van der Waals surface area (Å²) in [4.78, 5) is 7.37. The second-order valence-electron chi connectivity index (χ2n) is 4.68. The Morgan fingerprint density at radius 2 is 2.11 bits per heavy atom. The van der Waals surface area contributed by atoms with Crippen LogP contribution in [0.3, 0.4) is 0 Å². The number of rotatable bonds is 1. The van der Waals surface area contributed by atoms with Gasteiger partial charge in [0.25, 0.3) is 0 Å². The Kier molecular flexibility index (Phi) is 2.21. The number of aromatic amines is 1. The third-order valence-corrected chi connectivity index (χ3v) is 3.47. The first-order chi connectivity index (χ1) is 9.40. The van der Waals surface area contributed by atoms with E-state index in [1.807, 2.05) is 30.3 Å². The smallest absolute Gasteiger partial charge is 0.142 e. The summed E-state index contributed by atoms with van der Waals surface area (Å²) in [7, 11) is 0. The molecule has 1 aromatic heterocycles. The molecule has 4 rings (SSSR count). The molecular formula is C15H13N3O. The van der Waals surface area contributed by atoms with Crippen molar-refractivity contribution in [3.63, 3.8) is 0 Å². The summed E-state index contributed by atoms with van der Waals surface area (Å²) in [5.41, 5.74) is 4.29. The molecule has 2 heterocycles. The van der Waals surface area contributed by atoms with Gasteiger partial charge in [0.2, 0.25) is 0 Å². The van der Waals surface area contributed by atoms with E-state index in [4.69, 9.17) is 4.74 Å². The fourth-order valence-electron chi connectivity index (χ4n) is 2.46. The predicted molar refractivity (Wildman–Crippen MR) is 74.4 cm³/mol. The summed E-state index contributed by atoms with van der Waals surface area (Å²) in [6.07, 6.45) is 1.72. The van der Waals surface area contributed by atoms with Crippen LogP contribution in [0.15, 0.2) is 48.8 Å². The molecule has 19 heavy (non-hydrogen) atoms. The first-order valence-electron chi connectivity index (χ1n) is 6.31. The van der Waals surface area contributed by atoms with Gasteiger partial charge in [0.1, 0.15) is 12.4 Å². The maximum absolute atomic E-state index is 5.80. The first-order valence-corrected chi connectivity index (χ1v) is 6.31. The van der Waals surface area contributed by atoms with Gasteiger partial charge in [-0.05, 0) is 29.8 Å². The maximum atomic E-state index is 5.80. The van der Waals surface area contributed by atoms with Crippen molar-refractivity contribution in [1.82, 2.24) is 9.97 Å². The number of para-hydroxylation sites is 2. The molecule has 2 N–H and O–H groups in total. The number of fused-ring (bicyclic) bond motifs is 2. The number of aromatic nitrogens is 2. The molecular weight excluding hydrogens is 238 g/mol. The van der Waals surface area contributed by atoms with Crippen LogP contribution in [0.2, 0.25) is 0 Å². The average Bonchev–Trinajstić information content (AvgIpc) is 2.94. The molecule has 1 aliphatic heterocycles. The van der Waals surface area contributed by atoms with Crippen LogP contribution in [0, 0.1) is 0 Å². The highest BCUT2D eigenvalue weighted by Gasteiger charge is 2.20. The van der Waals surface area contributed by atoms with Crippen molar-refractivity contribution in [1.29, 1.82) is 0 Å². The highest BCUT2D eigenvalue weighted by molar-refractivity contribution is 5.75. The largest absolute Gasteiger partial charge is 0.489 e. The van der Waals surface area contributed by atoms with E-state index in [2.05, 4.69) is 27.4 Å². The van der Waals surface area contributed by atoms with Gasteiger partial charge >= 0.3 is 0 Å². The number of ether oxygens (including phenoxy) is 1. The SMILES string of the molecule is c1ccc2c(c1)NC(c1ccc3nc[nH]c3c1)CO2. The average molecular weight is 251 g/mol. The van der Waals surface area contributed by atoms with Crippen LogP contribution in [0.1, 0.15) is 11.6 Å². The topological polar surface area (TPSA) is 49.9 Å². The zero-order chi connectivity index (χ0) is 12.7. The summed E-state index contributed by atoms with van der Waals surface area (Å²) < 4.78 is 5.80. The third-order valence-electron chi connectivity index (χ3n) is 3.47. The lowest BCUT2D eigenvalue weighted by atomic mass is 10.1. The van der Waals surface area contributed by atoms with Crippen molar-refractivity contribution >= 4 is 16.7 Å². The van der Waals surface area contributed by atoms with Gasteiger partial charge in [-0.1, -0.05) is 18.2 Å². The Labute approximate surface area is 110 Å². The first kappa shape index (κ1) is 10.4. The van der Waals surface area contributed by atoms with Crippen molar-refractivity contribution in [2.45, 2.75) is 6.04 Å². The second-order valence-corrected chi connectivity index (χ2v) is 4.68. The van der Waals surface area contributed by atoms with E-state index in [1.165, 1.54) is 5.56 Å². The van der Waals surface area contributed by atoms with E-state index in [-0.39, 0.29) is 6.04 Å². The summed E-state index contributed by atoms with van der Waals surface area (Å²) in [5, 5.41) is 3.51. The van der Waals surface area contributed by atoms with E-state index in [9.17, 15) is 0 Å². The Hall–Kier alpha value is -2.49. The quantitative estimate of drug-likeness (QED) is 0.698. The number of benzene rings is 2. The van der Waals surface area contributed by atoms with Crippen LogP contribution < -0.4 is 10.1 Å². The fourth-order valence-corrected chi connectivity index (χ4v) is 2.46. The minimum atomic E-state index is 0.169. The number of nitrogens with one attached hydrogen (secondary N) is 2. The molecule has 0 bridgehead atoms. The van der Waals surface area contributed by atoms with Crippen LogP contribution in [0.4, 0.5) is 5.69 Å². The number of hydrogen-bond acceptors (Lipinski definition) is 3. The zero-order valence-corrected chi connectivity index (χ0v) is 10.3. The zero-order valence-electron chi connectivity index (χ0n) is 10.3. The molecule has 4 nitrogen and oxygen atoms in total. The molecule has 0 saturated heterocycles. The number of nitrogens with zero attached hydrogens (tertiary/aromatic N) is 1. The lowest BCUT2D eigenvalue weighted by Crippen LogP contribution is -2.23.